The van der Waals surface area contributed by atoms with Crippen molar-refractivity contribution in [2.45, 2.75) is 53.2 Å². The SMILES string of the molecule is CCOc1ccc(Cn2cc(NC(=O)c3ccc(COc4ccc(C(C)CC)cc4)o3)cn2)cc1OCC. The number of anilines is 1. The zero-order valence-corrected chi connectivity index (χ0v) is 22.4. The molecule has 1 unspecified atom stereocenters. The highest BCUT2D eigenvalue weighted by molar-refractivity contribution is 6.02. The van der Waals surface area contributed by atoms with Crippen molar-refractivity contribution >= 4 is 11.6 Å². The summed E-state index contributed by atoms with van der Waals surface area (Å²) in [5, 5.41) is 7.19. The molecule has 0 bridgehead atoms. The van der Waals surface area contributed by atoms with E-state index in [1.54, 1.807) is 29.2 Å². The first-order valence-corrected chi connectivity index (χ1v) is 13.0. The average Bonchev–Trinajstić information content (AvgIpc) is 3.59. The van der Waals surface area contributed by atoms with Gasteiger partial charge in [-0.1, -0.05) is 32.0 Å². The molecule has 0 saturated heterocycles. The van der Waals surface area contributed by atoms with Crippen LogP contribution in [0.5, 0.6) is 17.2 Å². The quantitative estimate of drug-likeness (QED) is 0.213. The van der Waals surface area contributed by atoms with E-state index in [2.05, 4.69) is 36.4 Å². The zero-order valence-electron chi connectivity index (χ0n) is 22.4. The second-order valence-corrected chi connectivity index (χ2v) is 8.96. The number of nitrogens with one attached hydrogen (secondary N) is 1. The molecule has 8 heteroatoms. The highest BCUT2D eigenvalue weighted by Gasteiger charge is 2.14. The highest BCUT2D eigenvalue weighted by Crippen LogP contribution is 2.29. The first kappa shape index (κ1) is 26.9. The predicted molar refractivity (Wildman–Crippen MR) is 146 cm³/mol. The summed E-state index contributed by atoms with van der Waals surface area (Å²) in [5.41, 5.74) is 2.86. The molecule has 1 N–H and O–H groups in total. The van der Waals surface area contributed by atoms with Gasteiger partial charge in [0.25, 0.3) is 5.91 Å². The van der Waals surface area contributed by atoms with Crippen LogP contribution in [0.25, 0.3) is 0 Å². The van der Waals surface area contributed by atoms with E-state index in [1.165, 1.54) is 5.56 Å². The molecule has 0 fully saturated rings. The van der Waals surface area contributed by atoms with Crippen molar-refractivity contribution < 1.29 is 23.4 Å². The van der Waals surface area contributed by atoms with Gasteiger partial charge < -0.3 is 23.9 Å². The van der Waals surface area contributed by atoms with Crippen LogP contribution in [0.1, 0.15) is 67.5 Å². The van der Waals surface area contributed by atoms with Gasteiger partial charge in [0.1, 0.15) is 18.1 Å². The summed E-state index contributed by atoms with van der Waals surface area (Å²) >= 11 is 0. The summed E-state index contributed by atoms with van der Waals surface area (Å²) in [7, 11) is 0. The van der Waals surface area contributed by atoms with E-state index in [0.29, 0.717) is 48.6 Å². The van der Waals surface area contributed by atoms with E-state index in [4.69, 9.17) is 18.6 Å². The smallest absolute Gasteiger partial charge is 0.291 e. The Balaban J connectivity index is 1.31. The first-order chi connectivity index (χ1) is 18.5. The molecule has 0 aliphatic heterocycles. The number of hydrogen-bond donors (Lipinski definition) is 1. The van der Waals surface area contributed by atoms with Gasteiger partial charge in [-0.15, -0.1) is 0 Å². The lowest BCUT2D eigenvalue weighted by Gasteiger charge is -2.12. The van der Waals surface area contributed by atoms with Crippen LogP contribution in [0, 0.1) is 0 Å². The molecule has 1 atom stereocenters. The minimum atomic E-state index is -0.353. The molecule has 0 spiro atoms. The minimum Gasteiger partial charge on any atom is -0.490 e. The van der Waals surface area contributed by atoms with E-state index >= 15 is 0 Å². The number of ether oxygens (including phenoxy) is 3. The second-order valence-electron chi connectivity index (χ2n) is 8.96. The number of carbonyl (C=O) groups excluding carboxylic acids is 1. The molecular weight excluding hydrogens is 482 g/mol. The number of furan rings is 1. The van der Waals surface area contributed by atoms with Crippen LogP contribution < -0.4 is 19.5 Å². The minimum absolute atomic E-state index is 0.205. The van der Waals surface area contributed by atoms with E-state index in [-0.39, 0.29) is 18.3 Å². The lowest BCUT2D eigenvalue weighted by molar-refractivity contribution is 0.0992. The van der Waals surface area contributed by atoms with Gasteiger partial charge >= 0.3 is 0 Å². The van der Waals surface area contributed by atoms with Crippen LogP contribution in [-0.4, -0.2) is 28.9 Å². The first-order valence-electron chi connectivity index (χ1n) is 13.0. The van der Waals surface area contributed by atoms with E-state index in [1.807, 2.05) is 44.2 Å². The van der Waals surface area contributed by atoms with Crippen molar-refractivity contribution in [3.8, 4) is 17.2 Å². The molecule has 0 aliphatic rings. The highest BCUT2D eigenvalue weighted by atomic mass is 16.5. The molecule has 200 valence electrons. The van der Waals surface area contributed by atoms with E-state index < -0.39 is 0 Å². The molecule has 0 aliphatic carbocycles. The Hall–Kier alpha value is -4.20. The van der Waals surface area contributed by atoms with Gasteiger partial charge in [0, 0.05) is 6.20 Å². The monoisotopic (exact) mass is 517 g/mol. The molecule has 8 nitrogen and oxygen atoms in total. The molecular formula is C30H35N3O5. The van der Waals surface area contributed by atoms with Gasteiger partial charge in [-0.05, 0) is 73.7 Å². The van der Waals surface area contributed by atoms with E-state index in [0.717, 1.165) is 17.7 Å². The van der Waals surface area contributed by atoms with Crippen molar-refractivity contribution in [3.63, 3.8) is 0 Å². The molecule has 0 radical (unpaired) electrons. The summed E-state index contributed by atoms with van der Waals surface area (Å²) in [6.07, 6.45) is 4.47. The number of hydrogen-bond acceptors (Lipinski definition) is 6. The molecule has 38 heavy (non-hydrogen) atoms. The van der Waals surface area contributed by atoms with Crippen molar-refractivity contribution in [2.24, 2.45) is 0 Å². The summed E-state index contributed by atoms with van der Waals surface area (Å²) in [6.45, 7) is 10.1. The lowest BCUT2D eigenvalue weighted by atomic mass is 9.99. The van der Waals surface area contributed by atoms with Crippen LogP contribution >= 0.6 is 0 Å². The third kappa shape index (κ3) is 6.97. The Bertz CT molecular complexity index is 1330. The van der Waals surface area contributed by atoms with Gasteiger partial charge in [-0.3, -0.25) is 9.48 Å². The third-order valence-electron chi connectivity index (χ3n) is 6.17. The maximum Gasteiger partial charge on any atom is 0.291 e. The van der Waals surface area contributed by atoms with Crippen molar-refractivity contribution in [2.75, 3.05) is 18.5 Å². The molecule has 2 aromatic carbocycles. The van der Waals surface area contributed by atoms with Crippen molar-refractivity contribution in [1.29, 1.82) is 0 Å². The number of rotatable bonds is 13. The van der Waals surface area contributed by atoms with Crippen LogP contribution in [0.2, 0.25) is 0 Å². The maximum absolute atomic E-state index is 12.7. The van der Waals surface area contributed by atoms with Crippen LogP contribution in [0.15, 0.2) is 71.4 Å². The van der Waals surface area contributed by atoms with Crippen molar-refractivity contribution in [3.05, 3.63) is 89.6 Å². The van der Waals surface area contributed by atoms with Crippen LogP contribution in [0.3, 0.4) is 0 Å². The average molecular weight is 518 g/mol. The molecule has 2 heterocycles. The van der Waals surface area contributed by atoms with Gasteiger partial charge in [-0.2, -0.15) is 5.10 Å². The van der Waals surface area contributed by atoms with E-state index in [9.17, 15) is 4.79 Å². The number of carbonyl (C=O) groups is 1. The Morgan fingerprint density at radius 2 is 1.74 bits per heavy atom. The summed E-state index contributed by atoms with van der Waals surface area (Å²) in [5.74, 6) is 3.11. The Morgan fingerprint density at radius 1 is 0.974 bits per heavy atom. The topological polar surface area (TPSA) is 87.8 Å². The molecule has 1 amide bonds. The molecule has 4 rings (SSSR count). The molecule has 2 aromatic heterocycles. The second kappa shape index (κ2) is 12.9. The predicted octanol–water partition coefficient (Wildman–Crippen LogP) is 6.67. The number of aromatic nitrogens is 2. The maximum atomic E-state index is 12.7. The van der Waals surface area contributed by atoms with Crippen LogP contribution in [-0.2, 0) is 13.2 Å². The fraction of sp³-hybridized carbons (Fsp3) is 0.333. The summed E-state index contributed by atoms with van der Waals surface area (Å²) in [6, 6.07) is 17.3. The van der Waals surface area contributed by atoms with Gasteiger partial charge in [0.2, 0.25) is 0 Å². The number of nitrogens with zero attached hydrogens (tertiary/aromatic N) is 2. The van der Waals surface area contributed by atoms with Crippen molar-refractivity contribution in [1.82, 2.24) is 9.78 Å². The normalized spacial score (nSPS) is 11.7. The molecule has 0 saturated carbocycles. The van der Waals surface area contributed by atoms with Gasteiger partial charge in [0.15, 0.2) is 17.3 Å². The summed E-state index contributed by atoms with van der Waals surface area (Å²) in [4.78, 5) is 12.7. The third-order valence-corrected chi connectivity index (χ3v) is 6.17. The fourth-order valence-corrected chi connectivity index (χ4v) is 3.95. The molecule has 4 aromatic rings. The standard InChI is InChI=1S/C30H35N3O5/c1-5-21(4)23-9-11-25(12-10-23)37-20-26-13-15-28(38-26)30(34)32-24-17-31-33(19-24)18-22-8-14-27(35-6-2)29(16-22)36-7-3/h8-17,19,21H,5-7,18,20H2,1-4H3,(H,32,34). The fourth-order valence-electron chi connectivity index (χ4n) is 3.95. The largest absolute Gasteiger partial charge is 0.490 e. The van der Waals surface area contributed by atoms with Crippen LogP contribution in [0.4, 0.5) is 5.69 Å². The van der Waals surface area contributed by atoms with Gasteiger partial charge in [0.05, 0.1) is 31.6 Å². The Labute approximate surface area is 223 Å². The lowest BCUT2D eigenvalue weighted by Crippen LogP contribution is -2.10. The van der Waals surface area contributed by atoms with Gasteiger partial charge in [-0.25, -0.2) is 0 Å². The number of amides is 1. The zero-order chi connectivity index (χ0) is 26.9. The Kier molecular flexibility index (Phi) is 9.08. The Morgan fingerprint density at radius 3 is 2.47 bits per heavy atom. The summed E-state index contributed by atoms with van der Waals surface area (Å²) < 4.78 is 24.6. The number of benzene rings is 2.